The number of benzene rings is 1. The van der Waals surface area contributed by atoms with Crippen LogP contribution in [0.3, 0.4) is 0 Å². The molecule has 1 radical (unpaired) electrons. The summed E-state index contributed by atoms with van der Waals surface area (Å²) in [6.07, 6.45) is 70.7. The van der Waals surface area contributed by atoms with Crippen molar-refractivity contribution in [3.05, 3.63) is 24.6 Å². The monoisotopic (exact) mass is 938 g/mol. The van der Waals surface area contributed by atoms with Gasteiger partial charge in [-0.05, 0) is 43.9 Å². The minimum absolute atomic E-state index is 0.722. The van der Waals surface area contributed by atoms with Crippen LogP contribution < -0.4 is 14.2 Å². The highest BCUT2D eigenvalue weighted by molar-refractivity contribution is 5.54. The smallest absolute Gasteiger partial charge is 0.203 e. The van der Waals surface area contributed by atoms with Crippen molar-refractivity contribution in [2.45, 2.75) is 348 Å². The minimum Gasteiger partial charge on any atom is -0.490 e. The van der Waals surface area contributed by atoms with E-state index in [-0.39, 0.29) is 0 Å². The van der Waals surface area contributed by atoms with Crippen LogP contribution in [-0.2, 0) is 0 Å². The van der Waals surface area contributed by atoms with Crippen molar-refractivity contribution in [2.75, 3.05) is 19.8 Å². The highest BCUT2D eigenvalue weighted by Gasteiger charge is 2.15. The molecule has 0 saturated carbocycles. The van der Waals surface area contributed by atoms with Crippen molar-refractivity contribution >= 4 is 0 Å². The van der Waals surface area contributed by atoms with Crippen LogP contribution in [-0.4, -0.2) is 19.8 Å². The van der Waals surface area contributed by atoms with Gasteiger partial charge in [0.15, 0.2) is 11.5 Å². The number of unbranched alkanes of at least 4 members (excludes halogenated alkanes) is 48. The fourth-order valence-electron chi connectivity index (χ4n) is 10.0. The van der Waals surface area contributed by atoms with Gasteiger partial charge in [0.2, 0.25) is 5.75 Å². The zero-order valence-corrected chi connectivity index (χ0v) is 46.3. The lowest BCUT2D eigenvalue weighted by Crippen LogP contribution is -2.06. The molecule has 0 N–H and O–H groups in total. The third-order valence-electron chi connectivity index (χ3n) is 14.6. The van der Waals surface area contributed by atoms with Gasteiger partial charge in [-0.3, -0.25) is 0 Å². The van der Waals surface area contributed by atoms with Gasteiger partial charge in [0.25, 0.3) is 0 Å². The van der Waals surface area contributed by atoms with Crippen LogP contribution in [0.5, 0.6) is 17.2 Å². The SMILES string of the molecule is [CH2]c1cc(OCCCCCCCCCCCCCCCCCCC)c(OCCCCCCCCCCCCCCCCCCC)c(OCCCCCCCCCCCCCCCCCCC)c1. The lowest BCUT2D eigenvalue weighted by atomic mass is 10.0. The van der Waals surface area contributed by atoms with E-state index in [9.17, 15) is 0 Å². The Bertz CT molecular complexity index is 1020. The van der Waals surface area contributed by atoms with Crippen molar-refractivity contribution in [3.8, 4) is 17.2 Å². The maximum atomic E-state index is 6.54. The van der Waals surface area contributed by atoms with Crippen LogP contribution in [0, 0.1) is 6.92 Å². The van der Waals surface area contributed by atoms with Crippen molar-refractivity contribution in [3.63, 3.8) is 0 Å². The number of hydrogen-bond acceptors (Lipinski definition) is 3. The molecule has 0 aromatic heterocycles. The Kier molecular flexibility index (Phi) is 51.3. The zero-order valence-electron chi connectivity index (χ0n) is 46.3. The fourth-order valence-corrected chi connectivity index (χ4v) is 10.0. The standard InChI is InChI=1S/C64H121O3/c1-5-8-11-14-17-20-23-26-29-32-35-38-41-44-47-50-53-56-65-62-59-61(4)60-63(66-57-54-51-48-45-42-39-36-33-30-27-24-21-18-15-12-9-6-2)64(62)67-58-55-52-49-46-43-40-37-34-31-28-25-22-19-16-13-10-7-3/h59-60H,4-58H2,1-3H3. The Hall–Kier alpha value is -1.38. The topological polar surface area (TPSA) is 27.7 Å². The van der Waals surface area contributed by atoms with Gasteiger partial charge in [0.1, 0.15) is 0 Å². The first-order chi connectivity index (χ1) is 33.2. The first kappa shape index (κ1) is 63.6. The fraction of sp³-hybridized carbons (Fsp3) is 0.891. The van der Waals surface area contributed by atoms with Crippen molar-refractivity contribution in [1.82, 2.24) is 0 Å². The first-order valence-corrected chi connectivity index (χ1v) is 31.1. The van der Waals surface area contributed by atoms with Gasteiger partial charge >= 0.3 is 0 Å². The van der Waals surface area contributed by atoms with Crippen molar-refractivity contribution in [2.24, 2.45) is 0 Å². The molecule has 0 heterocycles. The predicted molar refractivity (Wildman–Crippen MR) is 300 cm³/mol. The number of rotatable bonds is 57. The molecule has 67 heavy (non-hydrogen) atoms. The van der Waals surface area contributed by atoms with E-state index in [1.54, 1.807) is 0 Å². The van der Waals surface area contributed by atoms with Crippen LogP contribution in [0.2, 0.25) is 0 Å². The molecule has 1 aromatic carbocycles. The summed E-state index contributed by atoms with van der Waals surface area (Å²) in [7, 11) is 0. The van der Waals surface area contributed by atoms with Gasteiger partial charge in [-0.1, -0.05) is 329 Å². The van der Waals surface area contributed by atoms with Crippen LogP contribution in [0.1, 0.15) is 354 Å². The molecule has 0 aliphatic rings. The molecule has 0 bridgehead atoms. The largest absolute Gasteiger partial charge is 0.490 e. The maximum Gasteiger partial charge on any atom is 0.203 e. The van der Waals surface area contributed by atoms with E-state index in [1.165, 1.54) is 308 Å². The third kappa shape index (κ3) is 45.5. The van der Waals surface area contributed by atoms with Crippen LogP contribution in [0.25, 0.3) is 0 Å². The van der Waals surface area contributed by atoms with Crippen molar-refractivity contribution < 1.29 is 14.2 Å². The number of hydrogen-bond donors (Lipinski definition) is 0. The molecular weight excluding hydrogens is 817 g/mol. The summed E-state index contributed by atoms with van der Waals surface area (Å²) in [4.78, 5) is 0. The van der Waals surface area contributed by atoms with Crippen LogP contribution >= 0.6 is 0 Å². The van der Waals surface area contributed by atoms with Crippen molar-refractivity contribution in [1.29, 1.82) is 0 Å². The molecule has 3 nitrogen and oxygen atoms in total. The van der Waals surface area contributed by atoms with Crippen LogP contribution in [0.4, 0.5) is 0 Å². The zero-order chi connectivity index (χ0) is 48.0. The molecule has 0 unspecified atom stereocenters. The summed E-state index contributed by atoms with van der Waals surface area (Å²) >= 11 is 0. The molecular formula is C64H121O3. The highest BCUT2D eigenvalue weighted by Crippen LogP contribution is 2.39. The molecule has 0 saturated heterocycles. The lowest BCUT2D eigenvalue weighted by molar-refractivity contribution is 0.234. The van der Waals surface area contributed by atoms with E-state index in [1.807, 2.05) is 0 Å². The van der Waals surface area contributed by atoms with E-state index >= 15 is 0 Å². The predicted octanol–water partition coefficient (Wildman–Crippen LogP) is 23.0. The van der Waals surface area contributed by atoms with Gasteiger partial charge in [0.05, 0.1) is 19.8 Å². The second kappa shape index (κ2) is 54.0. The van der Waals surface area contributed by atoms with Crippen LogP contribution in [0.15, 0.2) is 12.1 Å². The van der Waals surface area contributed by atoms with E-state index in [4.69, 9.17) is 14.2 Å². The van der Waals surface area contributed by atoms with E-state index in [0.717, 1.165) is 61.9 Å². The summed E-state index contributed by atoms with van der Waals surface area (Å²) < 4.78 is 19.5. The molecule has 0 amide bonds. The molecule has 3 heteroatoms. The summed E-state index contributed by atoms with van der Waals surface area (Å²) in [6, 6.07) is 4.14. The number of ether oxygens (including phenoxy) is 3. The molecule has 1 aromatic rings. The Labute approximate surface area is 422 Å². The molecule has 0 fully saturated rings. The molecule has 0 aliphatic carbocycles. The minimum atomic E-state index is 0.722. The normalized spacial score (nSPS) is 11.5. The van der Waals surface area contributed by atoms with E-state index in [2.05, 4.69) is 39.8 Å². The summed E-state index contributed by atoms with van der Waals surface area (Å²) in [6.45, 7) is 13.4. The quantitative estimate of drug-likeness (QED) is 0.0609. The molecule has 0 atom stereocenters. The summed E-state index contributed by atoms with van der Waals surface area (Å²) in [5.74, 6) is 2.46. The maximum absolute atomic E-state index is 6.54. The second-order valence-corrected chi connectivity index (χ2v) is 21.4. The Morgan fingerprint density at radius 1 is 0.239 bits per heavy atom. The average Bonchev–Trinajstić information content (AvgIpc) is 3.33. The Morgan fingerprint density at radius 2 is 0.403 bits per heavy atom. The average molecular weight is 939 g/mol. The van der Waals surface area contributed by atoms with Gasteiger partial charge in [-0.2, -0.15) is 0 Å². The lowest BCUT2D eigenvalue weighted by Gasteiger charge is -2.18. The first-order valence-electron chi connectivity index (χ1n) is 31.1. The third-order valence-corrected chi connectivity index (χ3v) is 14.6. The van der Waals surface area contributed by atoms with E-state index < -0.39 is 0 Å². The van der Waals surface area contributed by atoms with Gasteiger partial charge in [-0.25, -0.2) is 0 Å². The molecule has 0 aliphatic heterocycles. The van der Waals surface area contributed by atoms with Gasteiger partial charge < -0.3 is 14.2 Å². The molecule has 0 spiro atoms. The summed E-state index contributed by atoms with van der Waals surface area (Å²) in [5.41, 5.74) is 0.944. The summed E-state index contributed by atoms with van der Waals surface area (Å²) in [5, 5.41) is 0. The van der Waals surface area contributed by atoms with Gasteiger partial charge in [-0.15, -0.1) is 0 Å². The second-order valence-electron chi connectivity index (χ2n) is 21.4. The molecule has 395 valence electrons. The highest BCUT2D eigenvalue weighted by atomic mass is 16.5. The van der Waals surface area contributed by atoms with Gasteiger partial charge in [0, 0.05) is 0 Å². The Morgan fingerprint density at radius 3 is 0.597 bits per heavy atom. The Balaban J connectivity index is 2.34. The molecule has 1 rings (SSSR count). The van der Waals surface area contributed by atoms with E-state index in [0.29, 0.717) is 0 Å².